The van der Waals surface area contributed by atoms with Crippen LogP contribution in [0, 0.1) is 12.1 Å². The van der Waals surface area contributed by atoms with Gasteiger partial charge >= 0.3 is 21.1 Å². The summed E-state index contributed by atoms with van der Waals surface area (Å²) in [6.07, 6.45) is 5.17. The average molecular weight is 649 g/mol. The zero-order valence-electron chi connectivity index (χ0n) is 19.0. The van der Waals surface area contributed by atoms with Crippen LogP contribution < -0.4 is 4.90 Å². The van der Waals surface area contributed by atoms with Gasteiger partial charge in [0.1, 0.15) is 0 Å². The minimum absolute atomic E-state index is 0. The van der Waals surface area contributed by atoms with E-state index in [1.165, 1.54) is 11.0 Å². The molecule has 0 radical (unpaired) electrons. The van der Waals surface area contributed by atoms with Crippen molar-refractivity contribution in [2.75, 3.05) is 4.90 Å². The molecule has 36 heavy (non-hydrogen) atoms. The van der Waals surface area contributed by atoms with Crippen molar-refractivity contribution in [2.45, 2.75) is 0 Å². The number of amides is 1. The number of carbonyl (C=O) groups excluding carboxylic acids is 1. The Hall–Kier alpha value is -4.28. The number of carbonyl (C=O) groups is 1. The summed E-state index contributed by atoms with van der Waals surface area (Å²) >= 11 is 0. The van der Waals surface area contributed by atoms with E-state index in [1.54, 1.807) is 9.36 Å². The van der Waals surface area contributed by atoms with E-state index in [1.807, 2.05) is 97.3 Å². The summed E-state index contributed by atoms with van der Waals surface area (Å²) in [5, 5.41) is 11.3. The molecule has 7 heteroatoms. The number of hydrogen-bond donors (Lipinski definition) is 0. The molecule has 0 aliphatic heterocycles. The third-order valence-corrected chi connectivity index (χ3v) is 5.73. The fourth-order valence-electron chi connectivity index (χ4n) is 4.05. The number of benzene rings is 4. The molecule has 0 aliphatic carbocycles. The smallest absolute Gasteiger partial charge is 0.326 e. The number of fused-ring (bicyclic) bond motifs is 2. The molecule has 0 saturated heterocycles. The van der Waals surface area contributed by atoms with Gasteiger partial charge in [-0.3, -0.25) is 14.2 Å². The number of anilines is 2. The molecule has 0 fully saturated rings. The van der Waals surface area contributed by atoms with Gasteiger partial charge in [0.05, 0.1) is 11.0 Å². The molecule has 0 spiro atoms. The first-order chi connectivity index (χ1) is 17.2. The van der Waals surface area contributed by atoms with Crippen LogP contribution in [0.15, 0.2) is 110 Å². The molecule has 6 nitrogen and oxygen atoms in total. The van der Waals surface area contributed by atoms with Crippen LogP contribution in [-0.4, -0.2) is 25.5 Å². The van der Waals surface area contributed by atoms with Crippen molar-refractivity contribution in [2.24, 2.45) is 0 Å². The maximum absolute atomic E-state index is 13.0. The molecule has 0 N–H and O–H groups in total. The molecule has 4 aromatic carbocycles. The van der Waals surface area contributed by atoms with Gasteiger partial charge in [-0.25, -0.2) is 0 Å². The molecular weight excluding hydrogens is 629 g/mol. The number of aromatic nitrogens is 4. The first-order valence-electron chi connectivity index (χ1n) is 11.1. The summed E-state index contributed by atoms with van der Waals surface area (Å²) < 4.78 is 3.53. The van der Waals surface area contributed by atoms with E-state index in [0.717, 1.165) is 33.2 Å². The Labute approximate surface area is 222 Å². The molecule has 0 unspecified atom stereocenters. The molecule has 0 bridgehead atoms. The summed E-state index contributed by atoms with van der Waals surface area (Å²) in [6.45, 7) is 3.70. The Morgan fingerprint density at radius 2 is 1.19 bits per heavy atom. The van der Waals surface area contributed by atoms with Gasteiger partial charge in [-0.05, 0) is 29.6 Å². The van der Waals surface area contributed by atoms with Crippen LogP contribution in [0.25, 0.3) is 33.2 Å². The van der Waals surface area contributed by atoms with E-state index in [-0.39, 0.29) is 27.0 Å². The Morgan fingerprint density at radius 1 is 0.722 bits per heavy atom. The second-order valence-electron chi connectivity index (χ2n) is 7.99. The Morgan fingerprint density at radius 3 is 1.64 bits per heavy atom. The predicted molar refractivity (Wildman–Crippen MR) is 137 cm³/mol. The molecule has 6 rings (SSSR count). The Bertz CT molecular complexity index is 1530. The van der Waals surface area contributed by atoms with Gasteiger partial charge < -0.3 is 4.90 Å². The van der Waals surface area contributed by atoms with Crippen molar-refractivity contribution in [3.8, 4) is 11.4 Å². The van der Waals surface area contributed by atoms with Gasteiger partial charge in [-0.2, -0.15) is 22.3 Å². The van der Waals surface area contributed by atoms with Crippen LogP contribution in [0.5, 0.6) is 0 Å². The van der Waals surface area contributed by atoms with E-state index >= 15 is 0 Å². The first-order valence-corrected chi connectivity index (χ1v) is 11.1. The second kappa shape index (κ2) is 9.76. The third-order valence-electron chi connectivity index (χ3n) is 5.73. The van der Waals surface area contributed by atoms with Crippen molar-refractivity contribution in [3.05, 3.63) is 122 Å². The summed E-state index contributed by atoms with van der Waals surface area (Å²) in [6, 6.07) is 33.7. The van der Waals surface area contributed by atoms with Gasteiger partial charge in [-0.1, -0.05) is 54.4 Å². The van der Waals surface area contributed by atoms with Gasteiger partial charge in [0, 0.05) is 23.2 Å². The second-order valence-corrected chi connectivity index (χ2v) is 7.99. The van der Waals surface area contributed by atoms with Crippen LogP contribution in [0.2, 0.25) is 0 Å². The minimum Gasteiger partial charge on any atom is -0.326 e. The van der Waals surface area contributed by atoms with Crippen molar-refractivity contribution in [1.29, 1.82) is 0 Å². The van der Waals surface area contributed by atoms with E-state index in [9.17, 15) is 4.79 Å². The van der Waals surface area contributed by atoms with Gasteiger partial charge in [0.25, 0.3) is 5.91 Å². The fraction of sp³-hybridized carbons (Fsp3) is 0. The maximum Gasteiger partial charge on any atom is 2.00 e. The van der Waals surface area contributed by atoms with Crippen molar-refractivity contribution in [3.63, 3.8) is 0 Å². The third kappa shape index (κ3) is 4.28. The normalized spacial score (nSPS) is 10.8. The maximum atomic E-state index is 13.0. The Balaban J connectivity index is 0.00000267. The molecule has 1 amide bonds. The SMILES string of the molecule is C=CC(=O)N(c1[c-]c(-n2cc3ccccc3n2)ccc1)c1[c-]c(-n2cc3ccccc3n2)ccc1.[Pt+2]. The monoisotopic (exact) mass is 648 g/mol. The first kappa shape index (κ1) is 23.5. The van der Waals surface area contributed by atoms with E-state index in [2.05, 4.69) is 28.9 Å². The quantitative estimate of drug-likeness (QED) is 0.175. The molecule has 6 aromatic rings. The average Bonchev–Trinajstić information content (AvgIpc) is 3.54. The molecule has 0 aliphatic rings. The summed E-state index contributed by atoms with van der Waals surface area (Å²) in [7, 11) is 0. The predicted octanol–water partition coefficient (Wildman–Crippen LogP) is 5.81. The van der Waals surface area contributed by atoms with Crippen molar-refractivity contribution < 1.29 is 25.9 Å². The summed E-state index contributed by atoms with van der Waals surface area (Å²) in [4.78, 5) is 14.5. The van der Waals surface area contributed by atoms with Gasteiger partial charge in [0.15, 0.2) is 0 Å². The largest absolute Gasteiger partial charge is 2.00 e. The zero-order chi connectivity index (χ0) is 23.8. The van der Waals surface area contributed by atoms with Crippen molar-refractivity contribution >= 4 is 39.1 Å². The van der Waals surface area contributed by atoms with Crippen LogP contribution in [0.1, 0.15) is 0 Å². The van der Waals surface area contributed by atoms with Crippen LogP contribution in [-0.2, 0) is 25.9 Å². The summed E-state index contributed by atoms with van der Waals surface area (Å²) in [5.74, 6) is -0.289. The van der Waals surface area contributed by atoms with Crippen LogP contribution in [0.3, 0.4) is 0 Å². The number of nitrogens with zero attached hydrogens (tertiary/aromatic N) is 5. The van der Waals surface area contributed by atoms with Crippen LogP contribution in [0.4, 0.5) is 11.4 Å². The van der Waals surface area contributed by atoms with Gasteiger partial charge in [-0.15, -0.1) is 36.4 Å². The molecule has 0 saturated carbocycles. The van der Waals surface area contributed by atoms with Crippen molar-refractivity contribution in [1.82, 2.24) is 19.6 Å². The Kier molecular flexibility index (Phi) is 6.36. The molecule has 176 valence electrons. The van der Waals surface area contributed by atoms with E-state index in [0.29, 0.717) is 11.4 Å². The molecule has 2 aromatic heterocycles. The topological polar surface area (TPSA) is 56.0 Å². The van der Waals surface area contributed by atoms with E-state index in [4.69, 9.17) is 0 Å². The zero-order valence-corrected chi connectivity index (χ0v) is 21.3. The van der Waals surface area contributed by atoms with Gasteiger partial charge in [0.2, 0.25) is 0 Å². The van der Waals surface area contributed by atoms with E-state index < -0.39 is 0 Å². The molecule has 2 heterocycles. The standard InChI is InChI=1S/C29H19N5O.Pt/c1-2-29(35)34(25-13-7-11-23(17-25)32-19-21-9-3-5-15-27(21)30-32)26-14-8-12-24(18-26)33-20-22-10-4-6-16-28(22)31-33;/h2-16,19-20H,1H2;/q-2;+2. The minimum atomic E-state index is -0.289. The fourth-order valence-corrected chi connectivity index (χ4v) is 4.05. The van der Waals surface area contributed by atoms with Crippen LogP contribution >= 0.6 is 0 Å². The number of rotatable bonds is 5. The number of hydrogen-bond acceptors (Lipinski definition) is 3. The molecule has 0 atom stereocenters. The summed E-state index contributed by atoms with van der Waals surface area (Å²) in [5.41, 5.74) is 4.33. The molecular formula is C29H19N5OPt.